The molecule has 3 nitrogen and oxygen atoms in total. The van der Waals surface area contributed by atoms with Gasteiger partial charge in [0.2, 0.25) is 0 Å². The second kappa shape index (κ2) is 3.38. The van der Waals surface area contributed by atoms with Crippen molar-refractivity contribution in [2.75, 3.05) is 6.61 Å². The third-order valence-corrected chi connectivity index (χ3v) is 6.11. The zero-order valence-electron chi connectivity index (χ0n) is 11.6. The van der Waals surface area contributed by atoms with E-state index in [1.165, 1.54) is 0 Å². The molecule has 0 aromatic heterocycles. The SMILES string of the molecule is C[C@@]1([C@@]2(C)C=C[C@](C)(O)CC2)CC[C@@H]2O[C@@]21CO. The maximum atomic E-state index is 10.1. The molecule has 5 atom stereocenters. The molecule has 1 aliphatic heterocycles. The first-order valence-corrected chi connectivity index (χ1v) is 7.00. The summed E-state index contributed by atoms with van der Waals surface area (Å²) in [7, 11) is 0. The van der Waals surface area contributed by atoms with Crippen LogP contribution in [0.4, 0.5) is 0 Å². The molecule has 1 heterocycles. The first-order chi connectivity index (χ1) is 8.29. The summed E-state index contributed by atoms with van der Waals surface area (Å²) in [6, 6.07) is 0. The molecule has 3 aliphatic rings. The van der Waals surface area contributed by atoms with E-state index in [0.29, 0.717) is 0 Å². The molecule has 1 saturated heterocycles. The van der Waals surface area contributed by atoms with E-state index in [2.05, 4.69) is 19.9 Å². The van der Waals surface area contributed by atoms with Crippen LogP contribution in [0.3, 0.4) is 0 Å². The lowest BCUT2D eigenvalue weighted by Crippen LogP contribution is -2.50. The minimum Gasteiger partial charge on any atom is -0.393 e. The average molecular weight is 252 g/mol. The van der Waals surface area contributed by atoms with E-state index in [1.807, 2.05) is 13.0 Å². The van der Waals surface area contributed by atoms with Gasteiger partial charge in [0.05, 0.1) is 18.3 Å². The number of epoxide rings is 1. The zero-order chi connectivity index (χ0) is 13.2. The number of aliphatic hydroxyl groups excluding tert-OH is 1. The molecule has 102 valence electrons. The molecule has 3 rings (SSSR count). The zero-order valence-corrected chi connectivity index (χ0v) is 11.6. The maximum Gasteiger partial charge on any atom is 0.124 e. The fraction of sp³-hybridized carbons (Fsp3) is 0.867. The molecule has 0 aromatic carbocycles. The van der Waals surface area contributed by atoms with Crippen molar-refractivity contribution in [1.82, 2.24) is 0 Å². The number of allylic oxidation sites excluding steroid dienone is 1. The third-order valence-electron chi connectivity index (χ3n) is 6.11. The van der Waals surface area contributed by atoms with Gasteiger partial charge in [0.1, 0.15) is 5.60 Å². The van der Waals surface area contributed by atoms with Gasteiger partial charge in [-0.1, -0.05) is 26.0 Å². The molecule has 2 aliphatic carbocycles. The molecule has 0 spiro atoms. The molecule has 0 unspecified atom stereocenters. The van der Waals surface area contributed by atoms with Gasteiger partial charge in [-0.2, -0.15) is 0 Å². The molecule has 2 N–H and O–H groups in total. The Hall–Kier alpha value is -0.380. The van der Waals surface area contributed by atoms with E-state index in [9.17, 15) is 10.2 Å². The lowest BCUT2D eigenvalue weighted by atomic mass is 9.55. The van der Waals surface area contributed by atoms with Crippen molar-refractivity contribution in [2.24, 2.45) is 10.8 Å². The van der Waals surface area contributed by atoms with Crippen molar-refractivity contribution in [3.05, 3.63) is 12.2 Å². The van der Waals surface area contributed by atoms with Gasteiger partial charge < -0.3 is 14.9 Å². The molecule has 2 fully saturated rings. The molecule has 0 aromatic rings. The Morgan fingerprint density at radius 1 is 1.17 bits per heavy atom. The molecule has 3 heteroatoms. The van der Waals surface area contributed by atoms with E-state index < -0.39 is 5.60 Å². The number of rotatable bonds is 2. The van der Waals surface area contributed by atoms with Gasteiger partial charge in [0.15, 0.2) is 0 Å². The summed E-state index contributed by atoms with van der Waals surface area (Å²) in [5.74, 6) is 0. The summed E-state index contributed by atoms with van der Waals surface area (Å²) < 4.78 is 5.83. The number of hydrogen-bond acceptors (Lipinski definition) is 3. The quantitative estimate of drug-likeness (QED) is 0.584. The summed E-state index contributed by atoms with van der Waals surface area (Å²) in [6.45, 7) is 6.48. The Balaban J connectivity index is 1.95. The highest BCUT2D eigenvalue weighted by Gasteiger charge is 2.74. The standard InChI is InChI=1S/C15H24O3/c1-12(6-8-13(2,17)9-7-12)14(3)5-4-11-15(14,10-16)18-11/h6,8,11,16-17H,4-5,7,9-10H2,1-3H3/t11-,12-,13-,14-,15-/m0/s1. The Labute approximate surface area is 109 Å². The van der Waals surface area contributed by atoms with Gasteiger partial charge in [-0.3, -0.25) is 0 Å². The fourth-order valence-electron chi connectivity index (χ4n) is 4.21. The largest absolute Gasteiger partial charge is 0.393 e. The summed E-state index contributed by atoms with van der Waals surface area (Å²) >= 11 is 0. The van der Waals surface area contributed by atoms with Crippen molar-refractivity contribution in [3.8, 4) is 0 Å². The van der Waals surface area contributed by atoms with Crippen molar-refractivity contribution < 1.29 is 14.9 Å². The summed E-state index contributed by atoms with van der Waals surface area (Å²) in [6.07, 6.45) is 8.23. The molecular weight excluding hydrogens is 228 g/mol. The Bertz CT molecular complexity index is 399. The van der Waals surface area contributed by atoms with Crippen LogP contribution in [0.2, 0.25) is 0 Å². The smallest absolute Gasteiger partial charge is 0.124 e. The van der Waals surface area contributed by atoms with Gasteiger partial charge in [0.25, 0.3) is 0 Å². The minimum absolute atomic E-state index is 0.00319. The normalized spacial score (nSPS) is 58.6. The third kappa shape index (κ3) is 1.36. The second-order valence-corrected chi connectivity index (χ2v) is 7.13. The molecular formula is C15H24O3. The number of fused-ring (bicyclic) bond motifs is 1. The van der Waals surface area contributed by atoms with Crippen molar-refractivity contribution in [3.63, 3.8) is 0 Å². The van der Waals surface area contributed by atoms with Gasteiger partial charge in [-0.15, -0.1) is 0 Å². The second-order valence-electron chi connectivity index (χ2n) is 7.13. The van der Waals surface area contributed by atoms with Crippen molar-refractivity contribution >= 4 is 0 Å². The van der Waals surface area contributed by atoms with E-state index in [0.717, 1.165) is 25.7 Å². The number of hydrogen-bond donors (Lipinski definition) is 2. The van der Waals surface area contributed by atoms with Gasteiger partial charge in [-0.05, 0) is 38.0 Å². The van der Waals surface area contributed by atoms with E-state index in [-0.39, 0.29) is 29.1 Å². The molecule has 0 radical (unpaired) electrons. The topological polar surface area (TPSA) is 53.0 Å². The predicted molar refractivity (Wildman–Crippen MR) is 69.1 cm³/mol. The molecule has 18 heavy (non-hydrogen) atoms. The number of ether oxygens (including phenoxy) is 1. The molecule has 1 saturated carbocycles. The summed E-state index contributed by atoms with van der Waals surface area (Å²) in [5.41, 5.74) is -1.02. The highest BCUT2D eigenvalue weighted by Crippen LogP contribution is 2.69. The van der Waals surface area contributed by atoms with E-state index in [4.69, 9.17) is 4.74 Å². The molecule has 0 amide bonds. The van der Waals surface area contributed by atoms with Crippen LogP contribution in [0.25, 0.3) is 0 Å². The van der Waals surface area contributed by atoms with E-state index in [1.54, 1.807) is 0 Å². The Morgan fingerprint density at radius 3 is 2.39 bits per heavy atom. The van der Waals surface area contributed by atoms with Crippen LogP contribution >= 0.6 is 0 Å². The van der Waals surface area contributed by atoms with Crippen LogP contribution in [0.15, 0.2) is 12.2 Å². The first-order valence-electron chi connectivity index (χ1n) is 7.00. The Morgan fingerprint density at radius 2 is 1.89 bits per heavy atom. The average Bonchev–Trinajstić information content (AvgIpc) is 2.99. The molecule has 0 bridgehead atoms. The summed E-state index contributed by atoms with van der Waals surface area (Å²) in [4.78, 5) is 0. The predicted octanol–water partition coefficient (Wildman–Crippen LogP) is 2.02. The van der Waals surface area contributed by atoms with Gasteiger partial charge >= 0.3 is 0 Å². The first kappa shape index (κ1) is 12.6. The Kier molecular flexibility index (Phi) is 2.38. The van der Waals surface area contributed by atoms with Crippen LogP contribution in [0.1, 0.15) is 46.5 Å². The number of aliphatic hydroxyl groups is 2. The summed E-state index contributed by atoms with van der Waals surface area (Å²) in [5, 5.41) is 19.8. The van der Waals surface area contributed by atoms with E-state index >= 15 is 0 Å². The van der Waals surface area contributed by atoms with Crippen LogP contribution in [-0.4, -0.2) is 34.1 Å². The highest BCUT2D eigenvalue weighted by molar-refractivity contribution is 5.27. The van der Waals surface area contributed by atoms with Gasteiger partial charge in [-0.25, -0.2) is 0 Å². The monoisotopic (exact) mass is 252 g/mol. The van der Waals surface area contributed by atoms with Crippen molar-refractivity contribution in [1.29, 1.82) is 0 Å². The van der Waals surface area contributed by atoms with Crippen LogP contribution in [0, 0.1) is 10.8 Å². The minimum atomic E-state index is -0.676. The van der Waals surface area contributed by atoms with Crippen molar-refractivity contribution in [2.45, 2.75) is 63.8 Å². The van der Waals surface area contributed by atoms with Crippen LogP contribution in [0.5, 0.6) is 0 Å². The highest BCUT2D eigenvalue weighted by atomic mass is 16.6. The van der Waals surface area contributed by atoms with Crippen LogP contribution in [-0.2, 0) is 4.74 Å². The lowest BCUT2D eigenvalue weighted by molar-refractivity contribution is -0.0419. The maximum absolute atomic E-state index is 10.1. The fourth-order valence-corrected chi connectivity index (χ4v) is 4.21. The van der Waals surface area contributed by atoms with Crippen LogP contribution < -0.4 is 0 Å². The van der Waals surface area contributed by atoms with Gasteiger partial charge in [0, 0.05) is 5.41 Å². The lowest BCUT2D eigenvalue weighted by Gasteiger charge is -2.49.